The highest BCUT2D eigenvalue weighted by atomic mass is 32.2. The molecule has 0 bridgehead atoms. The Labute approximate surface area is 160 Å². The first-order valence-corrected chi connectivity index (χ1v) is 10.6. The Morgan fingerprint density at radius 3 is 2.52 bits per heavy atom. The molecule has 0 saturated carbocycles. The molecule has 2 aromatic rings. The van der Waals surface area contributed by atoms with Gasteiger partial charge in [0, 0.05) is 19.2 Å². The number of benzene rings is 2. The van der Waals surface area contributed by atoms with Crippen molar-refractivity contribution in [2.24, 2.45) is 0 Å². The molecule has 0 spiro atoms. The van der Waals surface area contributed by atoms with Crippen LogP contribution in [0.2, 0.25) is 0 Å². The molecule has 1 heterocycles. The van der Waals surface area contributed by atoms with Gasteiger partial charge in [-0.3, -0.25) is 9.10 Å². The molecule has 0 unspecified atom stereocenters. The maximum Gasteiger partial charge on any atom is 0.246 e. The van der Waals surface area contributed by atoms with E-state index in [0.717, 1.165) is 18.2 Å². The summed E-state index contributed by atoms with van der Waals surface area (Å²) in [6.45, 7) is 2.70. The minimum atomic E-state index is -3.66. The van der Waals surface area contributed by atoms with Gasteiger partial charge in [0.2, 0.25) is 15.9 Å². The van der Waals surface area contributed by atoms with Gasteiger partial charge < -0.3 is 9.64 Å². The van der Waals surface area contributed by atoms with Gasteiger partial charge >= 0.3 is 0 Å². The fraction of sp³-hybridized carbons (Fsp3) is 0.350. The standard InChI is InChI=1S/C20H24N2O4S/c1-15(20(23)21-12-11-16-7-4-5-8-17(16)14-21)22(27(3,24)25)18-9-6-10-19(13-18)26-2/h4-10,13,15H,11-12,14H2,1-3H3/t15-/m1/s1. The number of hydrogen-bond acceptors (Lipinski definition) is 4. The molecule has 0 radical (unpaired) electrons. The second kappa shape index (κ2) is 7.60. The molecule has 0 fully saturated rings. The fourth-order valence-electron chi connectivity index (χ4n) is 3.50. The van der Waals surface area contributed by atoms with Crippen LogP contribution in [0.3, 0.4) is 0 Å². The van der Waals surface area contributed by atoms with Gasteiger partial charge in [-0.25, -0.2) is 8.42 Å². The Bertz CT molecular complexity index is 943. The zero-order chi connectivity index (χ0) is 19.6. The van der Waals surface area contributed by atoms with E-state index in [1.807, 2.05) is 18.2 Å². The largest absolute Gasteiger partial charge is 0.497 e. The average Bonchev–Trinajstić information content (AvgIpc) is 2.66. The van der Waals surface area contributed by atoms with E-state index in [4.69, 9.17) is 4.74 Å². The maximum atomic E-state index is 13.1. The second-order valence-electron chi connectivity index (χ2n) is 6.71. The predicted molar refractivity (Wildman–Crippen MR) is 105 cm³/mol. The molecule has 1 aliphatic rings. The number of methoxy groups -OCH3 is 1. The summed E-state index contributed by atoms with van der Waals surface area (Å²) in [4.78, 5) is 14.8. The normalized spacial score (nSPS) is 15.0. The molecule has 7 heteroatoms. The summed E-state index contributed by atoms with van der Waals surface area (Å²) in [5.74, 6) is 0.324. The highest BCUT2D eigenvalue weighted by molar-refractivity contribution is 7.92. The Hall–Kier alpha value is -2.54. The van der Waals surface area contributed by atoms with Crippen LogP contribution in [0.4, 0.5) is 5.69 Å². The van der Waals surface area contributed by atoms with E-state index < -0.39 is 16.1 Å². The molecule has 27 heavy (non-hydrogen) atoms. The van der Waals surface area contributed by atoms with Crippen molar-refractivity contribution in [1.82, 2.24) is 4.90 Å². The number of amides is 1. The van der Waals surface area contributed by atoms with Crippen LogP contribution >= 0.6 is 0 Å². The average molecular weight is 388 g/mol. The van der Waals surface area contributed by atoms with Crippen LogP contribution in [0.15, 0.2) is 48.5 Å². The van der Waals surface area contributed by atoms with E-state index in [-0.39, 0.29) is 5.91 Å². The van der Waals surface area contributed by atoms with Crippen molar-refractivity contribution in [2.45, 2.75) is 25.9 Å². The summed E-state index contributed by atoms with van der Waals surface area (Å²) in [7, 11) is -2.14. The molecule has 144 valence electrons. The highest BCUT2D eigenvalue weighted by Crippen LogP contribution is 2.27. The summed E-state index contributed by atoms with van der Waals surface area (Å²) in [6.07, 6.45) is 1.88. The van der Waals surface area contributed by atoms with Crippen molar-refractivity contribution < 1.29 is 17.9 Å². The number of ether oxygens (including phenoxy) is 1. The smallest absolute Gasteiger partial charge is 0.246 e. The summed E-state index contributed by atoms with van der Waals surface area (Å²) in [6, 6.07) is 13.9. The van der Waals surface area contributed by atoms with Gasteiger partial charge in [-0.2, -0.15) is 0 Å². The molecule has 0 saturated heterocycles. The number of carbonyl (C=O) groups is 1. The van der Waals surface area contributed by atoms with Gasteiger partial charge in [0.15, 0.2) is 0 Å². The molecule has 3 rings (SSSR count). The molecule has 0 N–H and O–H groups in total. The third-order valence-electron chi connectivity index (χ3n) is 4.82. The molecule has 1 aliphatic heterocycles. The number of rotatable bonds is 5. The zero-order valence-corrected chi connectivity index (χ0v) is 16.6. The van der Waals surface area contributed by atoms with Crippen molar-refractivity contribution in [3.05, 3.63) is 59.7 Å². The Morgan fingerprint density at radius 1 is 1.15 bits per heavy atom. The van der Waals surface area contributed by atoms with Gasteiger partial charge in [-0.05, 0) is 36.6 Å². The third-order valence-corrected chi connectivity index (χ3v) is 6.06. The van der Waals surface area contributed by atoms with Crippen molar-refractivity contribution >= 4 is 21.6 Å². The quantitative estimate of drug-likeness (QED) is 0.789. The van der Waals surface area contributed by atoms with Crippen LogP contribution in [0.5, 0.6) is 5.75 Å². The minimum absolute atomic E-state index is 0.210. The van der Waals surface area contributed by atoms with Gasteiger partial charge in [-0.15, -0.1) is 0 Å². The Balaban J connectivity index is 1.88. The number of sulfonamides is 1. The van der Waals surface area contributed by atoms with Crippen LogP contribution in [0.1, 0.15) is 18.1 Å². The molecule has 1 amide bonds. The monoisotopic (exact) mass is 388 g/mol. The van der Waals surface area contributed by atoms with E-state index >= 15 is 0 Å². The van der Waals surface area contributed by atoms with Crippen molar-refractivity contribution in [1.29, 1.82) is 0 Å². The topological polar surface area (TPSA) is 66.9 Å². The van der Waals surface area contributed by atoms with Crippen LogP contribution in [0, 0.1) is 0 Å². The lowest BCUT2D eigenvalue weighted by atomic mass is 9.99. The lowest BCUT2D eigenvalue weighted by Crippen LogP contribution is -2.50. The van der Waals surface area contributed by atoms with E-state index in [1.165, 1.54) is 17.0 Å². The summed E-state index contributed by atoms with van der Waals surface area (Å²) < 4.78 is 31.3. The van der Waals surface area contributed by atoms with Gasteiger partial charge in [0.1, 0.15) is 11.8 Å². The molecule has 0 aromatic heterocycles. The number of hydrogen-bond donors (Lipinski definition) is 0. The predicted octanol–water partition coefficient (Wildman–Crippen LogP) is 2.43. The highest BCUT2D eigenvalue weighted by Gasteiger charge is 2.33. The van der Waals surface area contributed by atoms with Gasteiger partial charge in [0.05, 0.1) is 19.1 Å². The van der Waals surface area contributed by atoms with Crippen LogP contribution in [-0.4, -0.2) is 45.2 Å². The van der Waals surface area contributed by atoms with E-state index in [0.29, 0.717) is 24.5 Å². The minimum Gasteiger partial charge on any atom is -0.497 e. The molecular formula is C20H24N2O4S. The summed E-state index contributed by atoms with van der Waals surface area (Å²) in [5.41, 5.74) is 2.76. The molecule has 2 aromatic carbocycles. The second-order valence-corrected chi connectivity index (χ2v) is 8.57. The molecule has 6 nitrogen and oxygen atoms in total. The molecule has 0 aliphatic carbocycles. The Morgan fingerprint density at radius 2 is 1.85 bits per heavy atom. The van der Waals surface area contributed by atoms with E-state index in [2.05, 4.69) is 6.07 Å². The summed E-state index contributed by atoms with van der Waals surface area (Å²) >= 11 is 0. The number of carbonyl (C=O) groups excluding carboxylic acids is 1. The third kappa shape index (κ3) is 4.08. The van der Waals surface area contributed by atoms with Crippen molar-refractivity contribution in [3.8, 4) is 5.75 Å². The van der Waals surface area contributed by atoms with Crippen LogP contribution in [0.25, 0.3) is 0 Å². The first-order valence-electron chi connectivity index (χ1n) is 8.80. The van der Waals surface area contributed by atoms with Crippen LogP contribution in [-0.2, 0) is 27.8 Å². The SMILES string of the molecule is COc1cccc(N([C@H](C)C(=O)N2CCc3ccccc3C2)S(C)(=O)=O)c1. The maximum absolute atomic E-state index is 13.1. The first-order chi connectivity index (χ1) is 12.8. The molecule has 1 atom stereocenters. The van der Waals surface area contributed by atoms with Crippen molar-refractivity contribution in [3.63, 3.8) is 0 Å². The van der Waals surface area contributed by atoms with Crippen molar-refractivity contribution in [2.75, 3.05) is 24.2 Å². The summed E-state index contributed by atoms with van der Waals surface area (Å²) in [5, 5.41) is 0. The Kier molecular flexibility index (Phi) is 5.41. The lowest BCUT2D eigenvalue weighted by Gasteiger charge is -2.35. The zero-order valence-electron chi connectivity index (χ0n) is 15.8. The number of anilines is 1. The van der Waals surface area contributed by atoms with Gasteiger partial charge in [-0.1, -0.05) is 30.3 Å². The van der Waals surface area contributed by atoms with Crippen LogP contribution < -0.4 is 9.04 Å². The number of nitrogens with zero attached hydrogens (tertiary/aromatic N) is 2. The first kappa shape index (κ1) is 19.2. The van der Waals surface area contributed by atoms with E-state index in [1.54, 1.807) is 36.1 Å². The fourth-order valence-corrected chi connectivity index (χ4v) is 4.66. The lowest BCUT2D eigenvalue weighted by molar-refractivity contribution is -0.132. The van der Waals surface area contributed by atoms with E-state index in [9.17, 15) is 13.2 Å². The number of fused-ring (bicyclic) bond motifs is 1. The van der Waals surface area contributed by atoms with Gasteiger partial charge in [0.25, 0.3) is 0 Å². The molecular weight excluding hydrogens is 364 g/mol.